The highest BCUT2D eigenvalue weighted by Gasteiger charge is 2.17. The van der Waals surface area contributed by atoms with Gasteiger partial charge in [-0.3, -0.25) is 0 Å². The molecule has 2 heteroatoms. The summed E-state index contributed by atoms with van der Waals surface area (Å²) in [6, 6.07) is 56.1. The predicted octanol–water partition coefficient (Wildman–Crippen LogP) is 14.7. The third kappa shape index (κ3) is 6.18. The first-order chi connectivity index (χ1) is 26.6. The maximum Gasteiger partial charge on any atom is 0.136 e. The van der Waals surface area contributed by atoms with E-state index in [0.29, 0.717) is 0 Å². The minimum atomic E-state index is 0.810. The summed E-state index contributed by atoms with van der Waals surface area (Å²) in [6.45, 7) is 6.62. The van der Waals surface area contributed by atoms with Crippen LogP contribution < -0.4 is 4.90 Å². The molecule has 0 atom stereocenters. The number of aryl methyl sites for hydroxylation is 1. The summed E-state index contributed by atoms with van der Waals surface area (Å²) in [5.74, 6) is 0. The first kappa shape index (κ1) is 33.0. The summed E-state index contributed by atoms with van der Waals surface area (Å²) >= 11 is 0. The van der Waals surface area contributed by atoms with Gasteiger partial charge in [-0.15, -0.1) is 0 Å². The van der Waals surface area contributed by atoms with E-state index in [1.165, 1.54) is 44.0 Å². The summed E-state index contributed by atoms with van der Waals surface area (Å²) in [7, 11) is 0. The van der Waals surface area contributed by atoms with Crippen LogP contribution in [0.2, 0.25) is 0 Å². The van der Waals surface area contributed by atoms with E-state index in [1.807, 2.05) is 6.07 Å². The lowest BCUT2D eigenvalue weighted by Crippen LogP contribution is -2.10. The molecule has 54 heavy (non-hydrogen) atoms. The van der Waals surface area contributed by atoms with Crippen LogP contribution in [0.5, 0.6) is 0 Å². The number of rotatable bonds is 6. The molecule has 1 aromatic heterocycles. The van der Waals surface area contributed by atoms with E-state index in [4.69, 9.17) is 4.42 Å². The number of hydrogen-bond acceptors (Lipinski definition) is 2. The fourth-order valence-electron chi connectivity index (χ4n) is 7.79. The fourth-order valence-corrected chi connectivity index (χ4v) is 7.79. The van der Waals surface area contributed by atoms with Crippen molar-refractivity contribution in [3.63, 3.8) is 0 Å². The molecule has 0 saturated heterocycles. The highest BCUT2D eigenvalue weighted by Crippen LogP contribution is 2.41. The van der Waals surface area contributed by atoms with E-state index < -0.39 is 0 Å². The zero-order chi connectivity index (χ0) is 36.4. The van der Waals surface area contributed by atoms with E-state index in [0.717, 1.165) is 56.7 Å². The molecule has 1 heterocycles. The molecule has 1 aliphatic carbocycles. The van der Waals surface area contributed by atoms with Gasteiger partial charge in [-0.2, -0.15) is 0 Å². The summed E-state index contributed by atoms with van der Waals surface area (Å²) in [4.78, 5) is 2.34. The Labute approximate surface area is 316 Å². The summed E-state index contributed by atoms with van der Waals surface area (Å²) in [5.41, 5.74) is 14.5. The molecule has 7 aromatic carbocycles. The lowest BCUT2D eigenvalue weighted by Gasteiger charge is -2.26. The van der Waals surface area contributed by atoms with Gasteiger partial charge in [0.25, 0.3) is 0 Å². The van der Waals surface area contributed by atoms with Gasteiger partial charge < -0.3 is 9.32 Å². The normalized spacial score (nSPS) is 15.5. The average Bonchev–Trinajstić information content (AvgIpc) is 3.60. The van der Waals surface area contributed by atoms with Crippen molar-refractivity contribution in [2.75, 3.05) is 4.90 Å². The number of nitrogens with zero attached hydrogens (tertiary/aromatic N) is 1. The van der Waals surface area contributed by atoms with Crippen LogP contribution in [0.25, 0.3) is 55.0 Å². The molecule has 0 saturated carbocycles. The van der Waals surface area contributed by atoms with Crippen molar-refractivity contribution in [1.82, 2.24) is 0 Å². The number of benzene rings is 7. The third-order valence-corrected chi connectivity index (χ3v) is 10.5. The second-order valence-corrected chi connectivity index (χ2v) is 13.8. The molecule has 0 N–H and O–H groups in total. The summed E-state index contributed by atoms with van der Waals surface area (Å²) < 4.78 is 6.26. The van der Waals surface area contributed by atoms with Crippen LogP contribution in [0.1, 0.15) is 23.1 Å². The van der Waals surface area contributed by atoms with Crippen LogP contribution in [-0.4, -0.2) is 0 Å². The lowest BCUT2D eigenvalue weighted by atomic mass is 9.92. The van der Waals surface area contributed by atoms with E-state index in [-0.39, 0.29) is 0 Å². The lowest BCUT2D eigenvalue weighted by molar-refractivity contribution is 0.669. The van der Waals surface area contributed by atoms with Gasteiger partial charge in [0.05, 0.1) is 0 Å². The van der Waals surface area contributed by atoms with Gasteiger partial charge in [0.15, 0.2) is 0 Å². The Morgan fingerprint density at radius 2 is 1.26 bits per heavy atom. The van der Waals surface area contributed by atoms with E-state index in [1.54, 1.807) is 0 Å². The number of hydrogen-bond donors (Lipinski definition) is 0. The van der Waals surface area contributed by atoms with Crippen LogP contribution in [0.3, 0.4) is 0 Å². The molecule has 0 aliphatic heterocycles. The minimum absolute atomic E-state index is 0.810. The SMILES string of the molecule is C=C1/C=C\C=C/C/C(c2cccc(N(c3ccccc3)c3ccc(-c4ccc5ccc6oc7ccccc7c6c5c4C)cc3)c2)=C\C=C1c1ccccc1. The Morgan fingerprint density at radius 3 is 2.09 bits per heavy atom. The molecular weight excluding hydrogens is 655 g/mol. The zero-order valence-corrected chi connectivity index (χ0v) is 30.2. The Hall–Kier alpha value is -6.90. The molecular formula is C52H39NO. The molecule has 0 spiro atoms. The monoisotopic (exact) mass is 693 g/mol. The number of para-hydroxylation sites is 2. The molecule has 0 fully saturated rings. The quantitative estimate of drug-likeness (QED) is 0.172. The van der Waals surface area contributed by atoms with Crippen LogP contribution in [0.15, 0.2) is 211 Å². The second kappa shape index (κ2) is 14.3. The number of furan rings is 1. The first-order valence-electron chi connectivity index (χ1n) is 18.5. The van der Waals surface area contributed by atoms with Gasteiger partial charge in [-0.1, -0.05) is 152 Å². The molecule has 1 aliphatic rings. The molecule has 0 amide bonds. The maximum atomic E-state index is 6.26. The Balaban J connectivity index is 1.11. The number of anilines is 3. The molecule has 8 aromatic rings. The second-order valence-electron chi connectivity index (χ2n) is 13.8. The summed E-state index contributed by atoms with van der Waals surface area (Å²) in [5, 5.41) is 4.80. The Morgan fingerprint density at radius 1 is 0.556 bits per heavy atom. The van der Waals surface area contributed by atoms with Gasteiger partial charge >= 0.3 is 0 Å². The van der Waals surface area contributed by atoms with Crippen molar-refractivity contribution in [2.45, 2.75) is 13.3 Å². The van der Waals surface area contributed by atoms with Crippen molar-refractivity contribution in [2.24, 2.45) is 0 Å². The van der Waals surface area contributed by atoms with Crippen molar-refractivity contribution in [3.8, 4) is 11.1 Å². The predicted molar refractivity (Wildman–Crippen MR) is 231 cm³/mol. The smallest absolute Gasteiger partial charge is 0.136 e. The van der Waals surface area contributed by atoms with Gasteiger partial charge in [0.2, 0.25) is 0 Å². The summed E-state index contributed by atoms with van der Waals surface area (Å²) in [6.07, 6.45) is 13.8. The van der Waals surface area contributed by atoms with E-state index in [2.05, 4.69) is 207 Å². The topological polar surface area (TPSA) is 16.4 Å². The van der Waals surface area contributed by atoms with Crippen molar-refractivity contribution in [3.05, 3.63) is 223 Å². The maximum absolute atomic E-state index is 6.26. The van der Waals surface area contributed by atoms with Crippen molar-refractivity contribution >= 4 is 60.9 Å². The van der Waals surface area contributed by atoms with Gasteiger partial charge in [0.1, 0.15) is 11.2 Å². The molecule has 9 rings (SSSR count). The highest BCUT2D eigenvalue weighted by atomic mass is 16.3. The van der Waals surface area contributed by atoms with E-state index in [9.17, 15) is 0 Å². The Bertz CT molecular complexity index is 2790. The molecule has 2 nitrogen and oxygen atoms in total. The molecule has 0 bridgehead atoms. The first-order valence-corrected chi connectivity index (χ1v) is 18.5. The van der Waals surface area contributed by atoms with Gasteiger partial charge in [0, 0.05) is 27.8 Å². The van der Waals surface area contributed by atoms with Gasteiger partial charge in [-0.05, 0) is 117 Å². The van der Waals surface area contributed by atoms with Crippen molar-refractivity contribution in [1.29, 1.82) is 0 Å². The average molecular weight is 694 g/mol. The van der Waals surface area contributed by atoms with Crippen LogP contribution >= 0.6 is 0 Å². The zero-order valence-electron chi connectivity index (χ0n) is 30.2. The van der Waals surface area contributed by atoms with Crippen molar-refractivity contribution < 1.29 is 4.42 Å². The molecule has 258 valence electrons. The van der Waals surface area contributed by atoms with Crippen LogP contribution in [-0.2, 0) is 0 Å². The number of allylic oxidation sites excluding steroid dienone is 9. The highest BCUT2D eigenvalue weighted by molar-refractivity contribution is 6.20. The standard InChI is InChI=1S/C52H39NO/c1-36-15-6-3-7-16-38(27-32-46(36)39-17-8-4-9-18-39)42-19-14-22-45(35-42)53(43-20-10-5-11-21-43)44-30-25-40(26-31-44)47-33-28-41-29-34-50-52(51(41)37(47)2)48-23-12-13-24-49(48)54-50/h3-15,17-35H,1,16H2,2H3/b7-3-,15-6-,38-27+,46-32?. The Kier molecular flexibility index (Phi) is 8.70. The largest absolute Gasteiger partial charge is 0.456 e. The van der Waals surface area contributed by atoms with E-state index >= 15 is 0 Å². The van der Waals surface area contributed by atoms with Crippen LogP contribution in [0, 0.1) is 6.92 Å². The molecule has 0 unspecified atom stereocenters. The van der Waals surface area contributed by atoms with Gasteiger partial charge in [-0.25, -0.2) is 0 Å². The minimum Gasteiger partial charge on any atom is -0.456 e. The third-order valence-electron chi connectivity index (χ3n) is 10.5. The fraction of sp³-hybridized carbons (Fsp3) is 0.0385. The molecule has 0 radical (unpaired) electrons. The number of fused-ring (bicyclic) bond motifs is 5. The van der Waals surface area contributed by atoms with Crippen LogP contribution in [0.4, 0.5) is 17.1 Å².